The minimum Gasteiger partial charge on any atom is -0.368 e. The van der Waals surface area contributed by atoms with E-state index in [4.69, 9.17) is 4.98 Å². The zero-order valence-electron chi connectivity index (χ0n) is 20.6. The number of anilines is 2. The number of piperazine rings is 1. The van der Waals surface area contributed by atoms with Gasteiger partial charge in [0, 0.05) is 57.4 Å². The number of aromatic nitrogens is 2. The van der Waals surface area contributed by atoms with E-state index in [1.165, 1.54) is 11.3 Å². The molecule has 1 fully saturated rings. The molecule has 5 rings (SSSR count). The number of aryl methyl sites for hydroxylation is 2. The van der Waals surface area contributed by atoms with Crippen LogP contribution in [0.2, 0.25) is 0 Å². The van der Waals surface area contributed by atoms with Crippen LogP contribution >= 0.6 is 0 Å². The van der Waals surface area contributed by atoms with E-state index in [1.54, 1.807) is 24.1 Å². The molecule has 2 aromatic carbocycles. The largest absolute Gasteiger partial charge is 0.368 e. The van der Waals surface area contributed by atoms with Crippen molar-refractivity contribution in [2.24, 2.45) is 0 Å². The zero-order chi connectivity index (χ0) is 24.4. The fourth-order valence-corrected chi connectivity index (χ4v) is 5.20. The lowest BCUT2D eigenvalue weighted by Crippen LogP contribution is -2.49. The van der Waals surface area contributed by atoms with Gasteiger partial charge in [-0.2, -0.15) is 0 Å². The molecule has 1 aromatic heterocycles. The molecule has 0 N–H and O–H groups in total. The number of fused-ring (bicyclic) bond motifs is 1. The molecule has 0 aliphatic carbocycles. The highest BCUT2D eigenvalue weighted by Gasteiger charge is 2.33. The number of benzene rings is 2. The highest BCUT2D eigenvalue weighted by atomic mass is 16.2. The van der Waals surface area contributed by atoms with E-state index >= 15 is 0 Å². The van der Waals surface area contributed by atoms with Gasteiger partial charge in [0.15, 0.2) is 11.5 Å². The summed E-state index contributed by atoms with van der Waals surface area (Å²) in [7, 11) is 1.72. The predicted molar refractivity (Wildman–Crippen MR) is 138 cm³/mol. The summed E-state index contributed by atoms with van der Waals surface area (Å²) in [5.74, 6) is 1.19. The molecule has 35 heavy (non-hydrogen) atoms. The van der Waals surface area contributed by atoms with Crippen LogP contribution in [0.25, 0.3) is 0 Å². The molecule has 182 valence electrons. The summed E-state index contributed by atoms with van der Waals surface area (Å²) in [5, 5.41) is 0. The van der Waals surface area contributed by atoms with Gasteiger partial charge in [-0.15, -0.1) is 0 Å². The van der Waals surface area contributed by atoms with Gasteiger partial charge in [-0.1, -0.05) is 43.3 Å². The topological polar surface area (TPSA) is 61.7 Å². The fraction of sp³-hybridized carbons (Fsp3) is 0.393. The number of carbonyl (C=O) groups is 2. The van der Waals surface area contributed by atoms with Crippen LogP contribution in [0.4, 0.5) is 11.5 Å². The summed E-state index contributed by atoms with van der Waals surface area (Å²) in [4.78, 5) is 37.8. The molecule has 0 bridgehead atoms. The Morgan fingerprint density at radius 1 is 0.914 bits per heavy atom. The summed E-state index contributed by atoms with van der Waals surface area (Å²) >= 11 is 0. The first-order chi connectivity index (χ1) is 17.1. The Morgan fingerprint density at radius 2 is 1.63 bits per heavy atom. The van der Waals surface area contributed by atoms with Crippen molar-refractivity contribution in [3.8, 4) is 0 Å². The Balaban J connectivity index is 1.40. The minimum absolute atomic E-state index is 0.0308. The van der Waals surface area contributed by atoms with Gasteiger partial charge in [0.2, 0.25) is 0 Å². The van der Waals surface area contributed by atoms with Gasteiger partial charge in [0.25, 0.3) is 11.8 Å². The maximum absolute atomic E-state index is 13.9. The van der Waals surface area contributed by atoms with Crippen LogP contribution in [-0.2, 0) is 19.4 Å². The number of carbonyl (C=O) groups excluding carboxylic acids is 2. The van der Waals surface area contributed by atoms with Crippen LogP contribution in [0.15, 0.2) is 54.6 Å². The molecule has 2 amide bonds. The first kappa shape index (κ1) is 23.1. The van der Waals surface area contributed by atoms with Crippen LogP contribution in [0.5, 0.6) is 0 Å². The lowest BCUT2D eigenvalue weighted by atomic mass is 10.1. The van der Waals surface area contributed by atoms with E-state index in [0.29, 0.717) is 30.2 Å². The number of amides is 2. The molecule has 2 aliphatic heterocycles. The number of nitrogens with zero attached hydrogens (tertiary/aromatic N) is 5. The highest BCUT2D eigenvalue weighted by molar-refractivity contribution is 6.09. The first-order valence-electron chi connectivity index (χ1n) is 12.6. The third kappa shape index (κ3) is 4.43. The average Bonchev–Trinajstić information content (AvgIpc) is 3.32. The summed E-state index contributed by atoms with van der Waals surface area (Å²) in [6.45, 7) is 5.81. The van der Waals surface area contributed by atoms with E-state index in [9.17, 15) is 9.59 Å². The summed E-state index contributed by atoms with van der Waals surface area (Å²) < 4.78 is 2.05. The van der Waals surface area contributed by atoms with E-state index in [2.05, 4.69) is 40.7 Å². The number of para-hydroxylation sites is 1. The molecule has 0 atom stereocenters. The average molecular weight is 472 g/mol. The normalized spacial score (nSPS) is 15.6. The van der Waals surface area contributed by atoms with Crippen molar-refractivity contribution in [2.75, 3.05) is 43.0 Å². The second-order valence-electron chi connectivity index (χ2n) is 9.30. The van der Waals surface area contributed by atoms with E-state index in [0.717, 1.165) is 51.1 Å². The van der Waals surface area contributed by atoms with Gasteiger partial charge < -0.3 is 14.4 Å². The molecule has 7 nitrogen and oxygen atoms in total. The molecular formula is C28H33N5O2. The SMILES string of the molecule is CCc1ccccc1N1CCN(C(=O)c2c(N(C)C(=O)c3ccccc3)nc3n2CCCC3)CC1. The molecule has 7 heteroatoms. The maximum Gasteiger partial charge on any atom is 0.274 e. The van der Waals surface area contributed by atoms with Crippen molar-refractivity contribution in [3.63, 3.8) is 0 Å². The van der Waals surface area contributed by atoms with Gasteiger partial charge in [-0.25, -0.2) is 4.98 Å². The quantitative estimate of drug-likeness (QED) is 0.564. The van der Waals surface area contributed by atoms with Gasteiger partial charge in [0.1, 0.15) is 5.82 Å². The van der Waals surface area contributed by atoms with E-state index in [1.807, 2.05) is 23.1 Å². The maximum atomic E-state index is 13.9. The smallest absolute Gasteiger partial charge is 0.274 e. The second-order valence-corrected chi connectivity index (χ2v) is 9.30. The fourth-order valence-electron chi connectivity index (χ4n) is 5.20. The second kappa shape index (κ2) is 9.94. The Hall–Kier alpha value is -3.61. The lowest BCUT2D eigenvalue weighted by Gasteiger charge is -2.37. The van der Waals surface area contributed by atoms with Crippen molar-refractivity contribution < 1.29 is 9.59 Å². The lowest BCUT2D eigenvalue weighted by molar-refractivity contribution is 0.0735. The summed E-state index contributed by atoms with van der Waals surface area (Å²) in [5.41, 5.74) is 3.73. The molecule has 2 aliphatic rings. The van der Waals surface area contributed by atoms with Crippen LogP contribution in [-0.4, -0.2) is 59.5 Å². The van der Waals surface area contributed by atoms with Crippen molar-refractivity contribution in [1.29, 1.82) is 0 Å². The van der Waals surface area contributed by atoms with Crippen molar-refractivity contribution in [1.82, 2.24) is 14.5 Å². The van der Waals surface area contributed by atoms with Gasteiger partial charge >= 0.3 is 0 Å². The molecule has 0 radical (unpaired) electrons. The molecule has 0 unspecified atom stereocenters. The summed E-state index contributed by atoms with van der Waals surface area (Å²) in [6.07, 6.45) is 3.88. The van der Waals surface area contributed by atoms with Gasteiger partial charge in [-0.05, 0) is 43.0 Å². The monoisotopic (exact) mass is 471 g/mol. The van der Waals surface area contributed by atoms with Crippen molar-refractivity contribution in [3.05, 3.63) is 77.2 Å². The Bertz CT molecular complexity index is 1210. The van der Waals surface area contributed by atoms with Gasteiger partial charge in [-0.3, -0.25) is 14.5 Å². The summed E-state index contributed by atoms with van der Waals surface area (Å²) in [6, 6.07) is 17.7. The van der Waals surface area contributed by atoms with Gasteiger partial charge in [0.05, 0.1) is 0 Å². The standard InChI is InChI=1S/C28H33N5O2/c1-3-21-11-7-8-14-23(21)31-17-19-32(20-18-31)28(35)25-26(29-24-15-9-10-16-33(24)25)30(2)27(34)22-12-5-4-6-13-22/h4-8,11-14H,3,9-10,15-20H2,1-2H3. The van der Waals surface area contributed by atoms with E-state index in [-0.39, 0.29) is 11.8 Å². The Labute approximate surface area is 207 Å². The first-order valence-corrected chi connectivity index (χ1v) is 12.6. The van der Waals surface area contributed by atoms with Crippen molar-refractivity contribution in [2.45, 2.75) is 39.2 Å². The van der Waals surface area contributed by atoms with Crippen LogP contribution in [0, 0.1) is 0 Å². The van der Waals surface area contributed by atoms with Crippen molar-refractivity contribution >= 4 is 23.3 Å². The van der Waals surface area contributed by atoms with E-state index < -0.39 is 0 Å². The zero-order valence-corrected chi connectivity index (χ0v) is 20.6. The third-order valence-electron chi connectivity index (χ3n) is 7.19. The predicted octanol–water partition coefficient (Wildman–Crippen LogP) is 4.02. The highest BCUT2D eigenvalue weighted by Crippen LogP contribution is 2.29. The molecule has 0 spiro atoms. The molecule has 3 heterocycles. The van der Waals surface area contributed by atoms with Crippen LogP contribution < -0.4 is 9.80 Å². The Kier molecular flexibility index (Phi) is 6.57. The number of hydrogen-bond donors (Lipinski definition) is 0. The number of hydrogen-bond acceptors (Lipinski definition) is 4. The molecule has 0 saturated carbocycles. The van der Waals surface area contributed by atoms with Crippen LogP contribution in [0.1, 0.15) is 52.0 Å². The third-order valence-corrected chi connectivity index (χ3v) is 7.19. The number of imidazole rings is 1. The molecule has 3 aromatic rings. The molecular weight excluding hydrogens is 438 g/mol. The minimum atomic E-state index is -0.156. The number of rotatable bonds is 5. The van der Waals surface area contributed by atoms with Crippen LogP contribution in [0.3, 0.4) is 0 Å². The molecule has 1 saturated heterocycles. The Morgan fingerprint density at radius 3 is 2.37 bits per heavy atom.